The highest BCUT2D eigenvalue weighted by Gasteiger charge is 2.30. The quantitative estimate of drug-likeness (QED) is 0.129. The second-order valence-electron chi connectivity index (χ2n) is 19.0. The van der Waals surface area contributed by atoms with E-state index in [2.05, 4.69) is 261 Å². The van der Waals surface area contributed by atoms with Crippen molar-refractivity contribution in [1.29, 1.82) is 0 Å². The van der Waals surface area contributed by atoms with E-state index < -0.39 is 0 Å². The Morgan fingerprint density at radius 2 is 1.06 bits per heavy atom. The second-order valence-corrected chi connectivity index (χ2v) is 19.0. The van der Waals surface area contributed by atoms with Crippen molar-refractivity contribution in [2.45, 2.75) is 59.4 Å². The molecule has 68 heavy (non-hydrogen) atoms. The summed E-state index contributed by atoms with van der Waals surface area (Å²) in [6.45, 7) is 14.5. The van der Waals surface area contributed by atoms with Gasteiger partial charge in [0, 0.05) is 51.2 Å². The van der Waals surface area contributed by atoms with Crippen LogP contribution in [0.5, 0.6) is 0 Å². The van der Waals surface area contributed by atoms with Crippen molar-refractivity contribution in [3.05, 3.63) is 218 Å². The van der Waals surface area contributed by atoms with Gasteiger partial charge in [-0.25, -0.2) is 4.98 Å². The van der Waals surface area contributed by atoms with Gasteiger partial charge in [0.25, 0.3) is 0 Å². The van der Waals surface area contributed by atoms with Crippen LogP contribution in [0, 0.1) is 0 Å². The summed E-state index contributed by atoms with van der Waals surface area (Å²) in [6, 6.07) is 73.8. The molecular formula is C63H57N5. The number of hydrogen-bond donors (Lipinski definition) is 0. The van der Waals surface area contributed by atoms with E-state index in [1.165, 1.54) is 44.4 Å². The summed E-state index contributed by atoms with van der Waals surface area (Å²) < 4.78 is 2.38. The fourth-order valence-corrected chi connectivity index (χ4v) is 10.5. The SMILES string of the molecule is CC(C)c1cccc(C(C)C)c1-c1ccnc(-n2c3ccccc3c3ccc(N(c4cccc(N5CN(C(C)C)c6ccccc65)c4)c4c(-c5ccccc5)cccc4-c4ccccc4)cc32)c1. The highest BCUT2D eigenvalue weighted by molar-refractivity contribution is 6.11. The van der Waals surface area contributed by atoms with Gasteiger partial charge in [-0.15, -0.1) is 0 Å². The Kier molecular flexibility index (Phi) is 11.1. The van der Waals surface area contributed by atoms with E-state index in [1.54, 1.807) is 0 Å². The summed E-state index contributed by atoms with van der Waals surface area (Å²) >= 11 is 0. The van der Waals surface area contributed by atoms with E-state index in [-0.39, 0.29) is 0 Å². The van der Waals surface area contributed by atoms with E-state index in [1.807, 2.05) is 6.20 Å². The first-order chi connectivity index (χ1) is 33.2. The molecule has 0 radical (unpaired) electrons. The normalized spacial score (nSPS) is 12.5. The third kappa shape index (κ3) is 7.49. The lowest BCUT2D eigenvalue weighted by Crippen LogP contribution is -2.33. The zero-order valence-electron chi connectivity index (χ0n) is 39.8. The molecule has 11 rings (SSSR count). The van der Waals surface area contributed by atoms with Crippen LogP contribution in [0.15, 0.2) is 206 Å². The summed E-state index contributed by atoms with van der Waals surface area (Å²) in [6.07, 6.45) is 1.99. The molecule has 8 aromatic carbocycles. The summed E-state index contributed by atoms with van der Waals surface area (Å²) in [5.74, 6) is 1.63. The molecule has 0 saturated heterocycles. The Bertz CT molecular complexity index is 3350. The fourth-order valence-electron chi connectivity index (χ4n) is 10.5. The molecule has 10 aromatic rings. The fraction of sp³-hybridized carbons (Fsp3) is 0.159. The van der Waals surface area contributed by atoms with Crippen LogP contribution in [0.2, 0.25) is 0 Å². The Morgan fingerprint density at radius 3 is 1.74 bits per heavy atom. The van der Waals surface area contributed by atoms with E-state index >= 15 is 0 Å². The smallest absolute Gasteiger partial charge is 0.138 e. The third-order valence-electron chi connectivity index (χ3n) is 13.8. The lowest BCUT2D eigenvalue weighted by molar-refractivity contribution is 0.709. The molecule has 1 aliphatic rings. The van der Waals surface area contributed by atoms with Crippen molar-refractivity contribution >= 4 is 55.9 Å². The molecule has 3 heterocycles. The maximum atomic E-state index is 5.19. The van der Waals surface area contributed by atoms with Gasteiger partial charge in [-0.1, -0.05) is 167 Å². The van der Waals surface area contributed by atoms with E-state index in [0.717, 1.165) is 68.5 Å². The first-order valence-electron chi connectivity index (χ1n) is 24.1. The molecule has 0 N–H and O–H groups in total. The van der Waals surface area contributed by atoms with Crippen molar-refractivity contribution in [2.75, 3.05) is 21.4 Å². The van der Waals surface area contributed by atoms with Gasteiger partial charge in [0.15, 0.2) is 0 Å². The highest BCUT2D eigenvalue weighted by atomic mass is 15.4. The Labute approximate surface area is 401 Å². The van der Waals surface area contributed by atoms with Gasteiger partial charge < -0.3 is 14.7 Å². The van der Waals surface area contributed by atoms with Crippen LogP contribution in [-0.2, 0) is 0 Å². The zero-order valence-corrected chi connectivity index (χ0v) is 39.8. The molecule has 0 atom stereocenters. The maximum absolute atomic E-state index is 5.19. The van der Waals surface area contributed by atoms with Gasteiger partial charge in [0.1, 0.15) is 5.82 Å². The average Bonchev–Trinajstić information content (AvgIpc) is 3.93. The van der Waals surface area contributed by atoms with Crippen LogP contribution in [0.4, 0.5) is 34.1 Å². The van der Waals surface area contributed by atoms with Gasteiger partial charge in [0.05, 0.1) is 34.8 Å². The summed E-state index contributed by atoms with van der Waals surface area (Å²) in [4.78, 5) is 12.6. The molecule has 0 spiro atoms. The largest absolute Gasteiger partial charge is 0.349 e. The summed E-state index contributed by atoms with van der Waals surface area (Å²) in [7, 11) is 0. The van der Waals surface area contributed by atoms with Crippen molar-refractivity contribution in [1.82, 2.24) is 9.55 Å². The van der Waals surface area contributed by atoms with Crippen LogP contribution >= 0.6 is 0 Å². The summed E-state index contributed by atoms with van der Waals surface area (Å²) in [5, 5.41) is 2.37. The predicted molar refractivity (Wildman–Crippen MR) is 289 cm³/mol. The number of pyridine rings is 1. The van der Waals surface area contributed by atoms with Gasteiger partial charge in [0.2, 0.25) is 0 Å². The molecule has 1 aliphatic heterocycles. The number of para-hydroxylation sites is 4. The lowest BCUT2D eigenvalue weighted by Gasteiger charge is -2.32. The van der Waals surface area contributed by atoms with Gasteiger partial charge in [-0.2, -0.15) is 0 Å². The van der Waals surface area contributed by atoms with E-state index in [4.69, 9.17) is 4.98 Å². The zero-order chi connectivity index (χ0) is 46.5. The number of rotatable bonds is 11. The molecule has 0 amide bonds. The molecule has 5 heteroatoms. The maximum Gasteiger partial charge on any atom is 0.138 e. The van der Waals surface area contributed by atoms with Crippen LogP contribution < -0.4 is 14.7 Å². The first kappa shape index (κ1) is 42.7. The first-order valence-corrected chi connectivity index (χ1v) is 24.1. The number of fused-ring (bicyclic) bond motifs is 4. The van der Waals surface area contributed by atoms with Crippen LogP contribution in [0.3, 0.4) is 0 Å². The molecule has 0 fully saturated rings. The second kappa shape index (κ2) is 17.7. The molecule has 0 unspecified atom stereocenters. The Hall–Kier alpha value is -7.89. The highest BCUT2D eigenvalue weighted by Crippen LogP contribution is 2.50. The molecule has 5 nitrogen and oxygen atoms in total. The van der Waals surface area contributed by atoms with Gasteiger partial charge >= 0.3 is 0 Å². The predicted octanol–water partition coefficient (Wildman–Crippen LogP) is 17.2. The minimum atomic E-state index is 0.350. The van der Waals surface area contributed by atoms with E-state index in [0.29, 0.717) is 17.9 Å². The standard InChI is InChI=1S/C63H57N5/c1-42(2)51-27-18-28-52(43(3)4)62(51)47-36-37-64-61(38-47)68-57-31-14-13-26-55(57)56-35-34-50(40-60(56)68)67(49-25-17-24-48(39-49)66-41-65(44(5)6)58-32-15-16-33-59(58)66)63-53(45-20-9-7-10-21-45)29-19-30-54(63)46-22-11-8-12-23-46/h7-40,42-44H,41H2,1-6H3. The van der Waals surface area contributed by atoms with Crippen LogP contribution in [-0.4, -0.2) is 22.3 Å². The van der Waals surface area contributed by atoms with Gasteiger partial charge in [-0.3, -0.25) is 4.57 Å². The number of hydrogen-bond acceptors (Lipinski definition) is 4. The number of aromatic nitrogens is 2. The monoisotopic (exact) mass is 883 g/mol. The minimum Gasteiger partial charge on any atom is -0.349 e. The molecule has 334 valence electrons. The van der Waals surface area contributed by atoms with Crippen LogP contribution in [0.1, 0.15) is 64.5 Å². The topological polar surface area (TPSA) is 27.5 Å². The van der Waals surface area contributed by atoms with E-state index in [9.17, 15) is 0 Å². The number of nitrogens with zero attached hydrogens (tertiary/aromatic N) is 5. The Morgan fingerprint density at radius 1 is 0.471 bits per heavy atom. The molecular weight excluding hydrogens is 827 g/mol. The third-order valence-corrected chi connectivity index (χ3v) is 13.8. The lowest BCUT2D eigenvalue weighted by atomic mass is 9.85. The van der Waals surface area contributed by atoms with Crippen molar-refractivity contribution in [3.8, 4) is 39.2 Å². The van der Waals surface area contributed by atoms with Crippen molar-refractivity contribution < 1.29 is 0 Å². The van der Waals surface area contributed by atoms with Gasteiger partial charge in [-0.05, 0) is 120 Å². The number of benzene rings is 8. The van der Waals surface area contributed by atoms with Crippen LogP contribution in [0.25, 0.3) is 61.0 Å². The Balaban J connectivity index is 1.18. The number of anilines is 6. The molecule has 0 bridgehead atoms. The van der Waals surface area contributed by atoms with Crippen molar-refractivity contribution in [3.63, 3.8) is 0 Å². The minimum absolute atomic E-state index is 0.350. The van der Waals surface area contributed by atoms with Crippen molar-refractivity contribution in [2.24, 2.45) is 0 Å². The molecule has 0 aliphatic carbocycles. The molecule has 0 saturated carbocycles. The molecule has 2 aromatic heterocycles. The average molecular weight is 884 g/mol. The summed E-state index contributed by atoms with van der Waals surface area (Å²) in [5.41, 5.74) is 18.9.